The van der Waals surface area contributed by atoms with Gasteiger partial charge in [0.05, 0.1) is 7.11 Å². The van der Waals surface area contributed by atoms with Gasteiger partial charge in [0.1, 0.15) is 17.0 Å². The number of fused-ring (bicyclic) bond motifs is 1. The highest BCUT2D eigenvalue weighted by Gasteiger charge is 2.11. The van der Waals surface area contributed by atoms with Gasteiger partial charge >= 0.3 is 0 Å². The number of aromatic nitrogens is 2. The van der Waals surface area contributed by atoms with Crippen molar-refractivity contribution in [3.63, 3.8) is 0 Å². The van der Waals surface area contributed by atoms with Crippen LogP contribution in [0.25, 0.3) is 33.8 Å². The summed E-state index contributed by atoms with van der Waals surface area (Å²) in [5, 5.41) is 0.639. The zero-order chi connectivity index (χ0) is 16.5. The predicted molar refractivity (Wildman–Crippen MR) is 101 cm³/mol. The minimum Gasteiger partial charge on any atom is -0.494 e. The first-order valence-corrected chi connectivity index (χ1v) is 7.78. The SMILES string of the molecule is COc1cccnc1-c1ccc(-c2nc3cc(Cl)ccc3o2)cc1.Cl. The van der Waals surface area contributed by atoms with Crippen LogP contribution in [-0.2, 0) is 0 Å². The molecule has 0 spiro atoms. The average Bonchev–Trinajstić information content (AvgIpc) is 3.05. The number of methoxy groups -OCH3 is 1. The van der Waals surface area contributed by atoms with E-state index >= 15 is 0 Å². The lowest BCUT2D eigenvalue weighted by Crippen LogP contribution is -1.90. The first-order valence-electron chi connectivity index (χ1n) is 7.40. The van der Waals surface area contributed by atoms with E-state index in [0.717, 1.165) is 28.1 Å². The molecule has 0 saturated heterocycles. The van der Waals surface area contributed by atoms with Gasteiger partial charge in [-0.15, -0.1) is 12.4 Å². The van der Waals surface area contributed by atoms with E-state index in [2.05, 4.69) is 9.97 Å². The molecule has 0 aliphatic rings. The largest absolute Gasteiger partial charge is 0.494 e. The molecule has 4 aromatic rings. The molecule has 0 amide bonds. The van der Waals surface area contributed by atoms with Gasteiger partial charge in [-0.2, -0.15) is 0 Å². The van der Waals surface area contributed by atoms with Crippen LogP contribution in [0.4, 0.5) is 0 Å². The summed E-state index contributed by atoms with van der Waals surface area (Å²) in [5.74, 6) is 1.30. The van der Waals surface area contributed by atoms with Crippen molar-refractivity contribution in [2.45, 2.75) is 0 Å². The number of benzene rings is 2. The quantitative estimate of drug-likeness (QED) is 0.466. The fourth-order valence-electron chi connectivity index (χ4n) is 2.57. The van der Waals surface area contributed by atoms with Gasteiger partial charge in [0, 0.05) is 22.3 Å². The maximum atomic E-state index is 5.99. The molecule has 0 unspecified atom stereocenters. The first kappa shape index (κ1) is 17.3. The maximum Gasteiger partial charge on any atom is 0.227 e. The Morgan fingerprint density at radius 2 is 1.76 bits per heavy atom. The molecular formula is C19H14Cl2N2O2. The van der Waals surface area contributed by atoms with Crippen LogP contribution in [0.15, 0.2) is 65.2 Å². The van der Waals surface area contributed by atoms with Crippen molar-refractivity contribution >= 4 is 35.1 Å². The van der Waals surface area contributed by atoms with Crippen LogP contribution in [0.3, 0.4) is 0 Å². The van der Waals surface area contributed by atoms with E-state index in [0.29, 0.717) is 16.5 Å². The highest BCUT2D eigenvalue weighted by atomic mass is 35.5. The third-order valence-corrected chi connectivity index (χ3v) is 3.98. The van der Waals surface area contributed by atoms with Crippen LogP contribution >= 0.6 is 24.0 Å². The minimum atomic E-state index is 0. The smallest absolute Gasteiger partial charge is 0.227 e. The number of hydrogen-bond acceptors (Lipinski definition) is 4. The van der Waals surface area contributed by atoms with Gasteiger partial charge in [-0.25, -0.2) is 4.98 Å². The van der Waals surface area contributed by atoms with E-state index in [9.17, 15) is 0 Å². The van der Waals surface area contributed by atoms with E-state index in [1.54, 1.807) is 25.4 Å². The monoisotopic (exact) mass is 372 g/mol. The Kier molecular flexibility index (Phi) is 4.93. The molecule has 0 radical (unpaired) electrons. The molecule has 0 saturated carbocycles. The van der Waals surface area contributed by atoms with E-state index < -0.39 is 0 Å². The lowest BCUT2D eigenvalue weighted by molar-refractivity contribution is 0.415. The fraction of sp³-hybridized carbons (Fsp3) is 0.0526. The van der Waals surface area contributed by atoms with Crippen LogP contribution in [0.1, 0.15) is 0 Å². The number of pyridine rings is 1. The summed E-state index contributed by atoms with van der Waals surface area (Å²) in [7, 11) is 1.64. The predicted octanol–water partition coefficient (Wildman–Crippen LogP) is 5.64. The molecule has 0 fully saturated rings. The molecule has 126 valence electrons. The van der Waals surface area contributed by atoms with Gasteiger partial charge in [-0.05, 0) is 42.5 Å². The molecule has 2 heterocycles. The summed E-state index contributed by atoms with van der Waals surface area (Å²) >= 11 is 5.99. The number of halogens is 2. The number of hydrogen-bond donors (Lipinski definition) is 0. The highest BCUT2D eigenvalue weighted by molar-refractivity contribution is 6.31. The second-order valence-electron chi connectivity index (χ2n) is 5.26. The van der Waals surface area contributed by atoms with Crippen LogP contribution in [0, 0.1) is 0 Å². The van der Waals surface area contributed by atoms with E-state index in [-0.39, 0.29) is 12.4 Å². The Morgan fingerprint density at radius 3 is 2.52 bits per heavy atom. The molecule has 0 bridgehead atoms. The minimum absolute atomic E-state index is 0. The Balaban J connectivity index is 0.00000182. The fourth-order valence-corrected chi connectivity index (χ4v) is 2.73. The summed E-state index contributed by atoms with van der Waals surface area (Å²) in [6.07, 6.45) is 1.75. The van der Waals surface area contributed by atoms with Crippen molar-refractivity contribution in [1.82, 2.24) is 9.97 Å². The Bertz CT molecular complexity index is 1010. The van der Waals surface area contributed by atoms with E-state index in [1.165, 1.54) is 0 Å². The lowest BCUT2D eigenvalue weighted by Gasteiger charge is -2.07. The van der Waals surface area contributed by atoms with Crippen molar-refractivity contribution in [3.05, 3.63) is 65.8 Å². The molecule has 2 aromatic carbocycles. The summed E-state index contributed by atoms with van der Waals surface area (Å²) in [6, 6.07) is 17.0. The van der Waals surface area contributed by atoms with Gasteiger partial charge in [0.25, 0.3) is 0 Å². The zero-order valence-corrected chi connectivity index (χ0v) is 14.8. The molecule has 2 aromatic heterocycles. The maximum absolute atomic E-state index is 5.99. The molecule has 6 heteroatoms. The van der Waals surface area contributed by atoms with Gasteiger partial charge in [-0.1, -0.05) is 23.7 Å². The van der Waals surface area contributed by atoms with Gasteiger partial charge in [-0.3, -0.25) is 4.98 Å². The standard InChI is InChI=1S/C19H13ClN2O2.ClH/c1-23-17-3-2-10-21-18(17)12-4-6-13(7-5-12)19-22-15-11-14(20)8-9-16(15)24-19;/h2-11H,1H3;1H. The van der Waals surface area contributed by atoms with Crippen LogP contribution < -0.4 is 4.74 Å². The molecule has 0 N–H and O–H groups in total. The van der Waals surface area contributed by atoms with Crippen molar-refractivity contribution in [3.8, 4) is 28.5 Å². The summed E-state index contributed by atoms with van der Waals surface area (Å²) in [4.78, 5) is 8.88. The Morgan fingerprint density at radius 1 is 1.00 bits per heavy atom. The van der Waals surface area contributed by atoms with Crippen molar-refractivity contribution < 1.29 is 9.15 Å². The molecule has 0 aliphatic carbocycles. The highest BCUT2D eigenvalue weighted by Crippen LogP contribution is 2.30. The summed E-state index contributed by atoms with van der Waals surface area (Å²) in [6.45, 7) is 0. The normalized spacial score (nSPS) is 10.5. The first-order chi connectivity index (χ1) is 11.7. The molecule has 0 aliphatic heterocycles. The van der Waals surface area contributed by atoms with Gasteiger partial charge < -0.3 is 9.15 Å². The number of nitrogens with zero attached hydrogens (tertiary/aromatic N) is 2. The van der Waals surface area contributed by atoms with Crippen LogP contribution in [0.2, 0.25) is 5.02 Å². The third-order valence-electron chi connectivity index (χ3n) is 3.75. The third kappa shape index (κ3) is 3.31. The second kappa shape index (κ2) is 7.13. The van der Waals surface area contributed by atoms with Crippen molar-refractivity contribution in [2.75, 3.05) is 7.11 Å². The van der Waals surface area contributed by atoms with Crippen LogP contribution in [0.5, 0.6) is 5.75 Å². The van der Waals surface area contributed by atoms with E-state index in [1.807, 2.05) is 42.5 Å². The number of ether oxygens (including phenoxy) is 1. The summed E-state index contributed by atoms with van der Waals surface area (Å²) in [5.41, 5.74) is 4.12. The molecule has 4 rings (SSSR count). The molecule has 0 atom stereocenters. The number of rotatable bonds is 3. The van der Waals surface area contributed by atoms with Gasteiger partial charge in [0.15, 0.2) is 5.58 Å². The Labute approximate surface area is 155 Å². The topological polar surface area (TPSA) is 48.2 Å². The molecule has 25 heavy (non-hydrogen) atoms. The van der Waals surface area contributed by atoms with Gasteiger partial charge in [0.2, 0.25) is 5.89 Å². The second-order valence-corrected chi connectivity index (χ2v) is 5.70. The van der Waals surface area contributed by atoms with E-state index in [4.69, 9.17) is 20.8 Å². The van der Waals surface area contributed by atoms with Crippen LogP contribution in [-0.4, -0.2) is 17.1 Å². The summed E-state index contributed by atoms with van der Waals surface area (Å²) < 4.78 is 11.1. The molecule has 4 nitrogen and oxygen atoms in total. The van der Waals surface area contributed by atoms with Crippen molar-refractivity contribution in [2.24, 2.45) is 0 Å². The van der Waals surface area contributed by atoms with Crippen molar-refractivity contribution in [1.29, 1.82) is 0 Å². The Hall–Kier alpha value is -2.56. The number of oxazole rings is 1. The lowest BCUT2D eigenvalue weighted by atomic mass is 10.1. The zero-order valence-electron chi connectivity index (χ0n) is 13.3. The average molecular weight is 373 g/mol. The molecular weight excluding hydrogens is 359 g/mol.